The Bertz CT molecular complexity index is 613. The predicted octanol–water partition coefficient (Wildman–Crippen LogP) is 2.65. The van der Waals surface area contributed by atoms with Crippen LogP contribution < -0.4 is 5.32 Å². The number of nitrogens with zero attached hydrogens (tertiary/aromatic N) is 3. The summed E-state index contributed by atoms with van der Waals surface area (Å²) in [7, 11) is 0. The van der Waals surface area contributed by atoms with Gasteiger partial charge in [0.05, 0.1) is 19.1 Å². The third kappa shape index (κ3) is 5.78. The quantitative estimate of drug-likeness (QED) is 0.780. The fraction of sp³-hybridized carbons (Fsp3) is 0.500. The molecule has 0 bridgehead atoms. The smallest absolute Gasteiger partial charge is 0.226 e. The van der Waals surface area contributed by atoms with Crippen LogP contribution in [-0.2, 0) is 9.53 Å². The summed E-state index contributed by atoms with van der Waals surface area (Å²) < 4.78 is 5.65. The highest BCUT2D eigenvalue weighted by molar-refractivity contribution is 5.91. The van der Waals surface area contributed by atoms with Crippen LogP contribution in [0.15, 0.2) is 24.3 Å². The molecule has 1 atom stereocenters. The maximum Gasteiger partial charge on any atom is 0.226 e. The monoisotopic (exact) mass is 317 g/mol. The largest absolute Gasteiger partial charge is 0.378 e. The third-order valence-corrected chi connectivity index (χ3v) is 3.28. The Morgan fingerprint density at radius 3 is 2.87 bits per heavy atom. The van der Waals surface area contributed by atoms with Gasteiger partial charge >= 0.3 is 0 Å². The summed E-state index contributed by atoms with van der Waals surface area (Å²) in [5.41, 5.74) is 1.49. The summed E-state index contributed by atoms with van der Waals surface area (Å²) in [5.74, 6) is 1.01. The minimum absolute atomic E-state index is 0.0768. The van der Waals surface area contributed by atoms with Crippen molar-refractivity contribution in [3.05, 3.63) is 24.3 Å². The average Bonchev–Trinajstić information content (AvgIpc) is 3.01. The first-order valence-corrected chi connectivity index (χ1v) is 7.80. The van der Waals surface area contributed by atoms with E-state index >= 15 is 0 Å². The fourth-order valence-corrected chi connectivity index (χ4v) is 2.33. The van der Waals surface area contributed by atoms with Crippen molar-refractivity contribution in [3.8, 4) is 11.4 Å². The normalized spacial score (nSPS) is 12.3. The number of carbonyl (C=O) groups is 1. The number of nitrogens with one attached hydrogen (secondary N) is 2. The van der Waals surface area contributed by atoms with Crippen molar-refractivity contribution in [2.24, 2.45) is 5.92 Å². The van der Waals surface area contributed by atoms with Crippen molar-refractivity contribution in [2.45, 2.75) is 39.7 Å². The van der Waals surface area contributed by atoms with E-state index in [4.69, 9.17) is 4.74 Å². The van der Waals surface area contributed by atoms with Gasteiger partial charge in [0.2, 0.25) is 11.7 Å². The van der Waals surface area contributed by atoms with Gasteiger partial charge in [-0.15, -0.1) is 10.2 Å². The molecule has 0 aliphatic rings. The van der Waals surface area contributed by atoms with E-state index in [1.54, 1.807) is 0 Å². The lowest BCUT2D eigenvalue weighted by atomic mass is 10.1. The summed E-state index contributed by atoms with van der Waals surface area (Å²) in [6.07, 6.45) is 1.49. The van der Waals surface area contributed by atoms with E-state index in [9.17, 15) is 4.79 Å². The van der Waals surface area contributed by atoms with E-state index in [1.807, 2.05) is 31.2 Å². The second-order valence-corrected chi connectivity index (χ2v) is 5.93. The van der Waals surface area contributed by atoms with E-state index in [2.05, 4.69) is 39.8 Å². The first-order chi connectivity index (χ1) is 11.0. The van der Waals surface area contributed by atoms with Crippen LogP contribution in [0.3, 0.4) is 0 Å². The zero-order chi connectivity index (χ0) is 16.7. The number of benzene rings is 1. The van der Waals surface area contributed by atoms with Gasteiger partial charge < -0.3 is 10.1 Å². The molecule has 7 nitrogen and oxygen atoms in total. The number of rotatable bonds is 8. The van der Waals surface area contributed by atoms with Gasteiger partial charge in [-0.3, -0.25) is 4.79 Å². The molecule has 2 rings (SSSR count). The number of aromatic amines is 1. The summed E-state index contributed by atoms with van der Waals surface area (Å²) in [6.45, 7) is 6.77. The zero-order valence-electron chi connectivity index (χ0n) is 13.7. The topological polar surface area (TPSA) is 92.8 Å². The second-order valence-electron chi connectivity index (χ2n) is 5.93. The van der Waals surface area contributed by atoms with Crippen LogP contribution in [0.2, 0.25) is 0 Å². The van der Waals surface area contributed by atoms with E-state index in [-0.39, 0.29) is 12.0 Å². The van der Waals surface area contributed by atoms with E-state index in [0.717, 1.165) is 12.0 Å². The third-order valence-electron chi connectivity index (χ3n) is 3.28. The van der Waals surface area contributed by atoms with Gasteiger partial charge in [-0.05, 0) is 36.6 Å². The molecule has 1 amide bonds. The highest BCUT2D eigenvalue weighted by Crippen LogP contribution is 2.18. The van der Waals surface area contributed by atoms with Gasteiger partial charge in [-0.2, -0.15) is 5.21 Å². The molecule has 124 valence electrons. The molecule has 0 aliphatic heterocycles. The SMILES string of the molecule is CC(C)C[C@@H](C)OCCC(=O)Nc1cccc(-c2nn[nH]n2)c1. The molecule has 23 heavy (non-hydrogen) atoms. The summed E-state index contributed by atoms with van der Waals surface area (Å²) in [4.78, 5) is 12.0. The van der Waals surface area contributed by atoms with Crippen LogP contribution in [0.1, 0.15) is 33.6 Å². The summed E-state index contributed by atoms with van der Waals surface area (Å²) >= 11 is 0. The number of ether oxygens (including phenoxy) is 1. The second kappa shape index (κ2) is 8.38. The van der Waals surface area contributed by atoms with Crippen LogP contribution in [-0.4, -0.2) is 39.2 Å². The van der Waals surface area contributed by atoms with Crippen molar-refractivity contribution in [1.82, 2.24) is 20.6 Å². The van der Waals surface area contributed by atoms with Crippen molar-refractivity contribution >= 4 is 11.6 Å². The van der Waals surface area contributed by atoms with E-state index in [1.165, 1.54) is 0 Å². The maximum absolute atomic E-state index is 12.0. The molecule has 0 aliphatic carbocycles. The maximum atomic E-state index is 12.0. The molecule has 0 spiro atoms. The first kappa shape index (κ1) is 17.1. The highest BCUT2D eigenvalue weighted by Gasteiger charge is 2.09. The molecule has 2 N–H and O–H groups in total. The number of amides is 1. The molecule has 1 aromatic carbocycles. The molecule has 1 aromatic heterocycles. The lowest BCUT2D eigenvalue weighted by Gasteiger charge is -2.15. The molecular formula is C16H23N5O2. The minimum atomic E-state index is -0.0768. The Labute approximate surface area is 135 Å². The number of carbonyl (C=O) groups excluding carboxylic acids is 1. The summed E-state index contributed by atoms with van der Waals surface area (Å²) in [5, 5.41) is 16.6. The fourth-order valence-electron chi connectivity index (χ4n) is 2.33. The molecule has 1 heterocycles. The van der Waals surface area contributed by atoms with Crippen molar-refractivity contribution in [2.75, 3.05) is 11.9 Å². The van der Waals surface area contributed by atoms with E-state index < -0.39 is 0 Å². The van der Waals surface area contributed by atoms with Crippen LogP contribution in [0, 0.1) is 5.92 Å². The molecule has 0 saturated carbocycles. The standard InChI is InChI=1S/C16H23N5O2/c1-11(2)9-12(3)23-8-7-15(22)17-14-6-4-5-13(10-14)16-18-20-21-19-16/h4-6,10-12H,7-9H2,1-3H3,(H,17,22)(H,18,19,20,21)/t12-/m1/s1. The number of anilines is 1. The highest BCUT2D eigenvalue weighted by atomic mass is 16.5. The molecule has 7 heteroatoms. The Hall–Kier alpha value is -2.28. The summed E-state index contributed by atoms with van der Waals surface area (Å²) in [6, 6.07) is 7.33. The number of tetrazole rings is 1. The predicted molar refractivity (Wildman–Crippen MR) is 87.7 cm³/mol. The van der Waals surface area contributed by atoms with Gasteiger partial charge in [0, 0.05) is 11.3 Å². The molecule has 0 fully saturated rings. The molecular weight excluding hydrogens is 294 g/mol. The first-order valence-electron chi connectivity index (χ1n) is 7.80. The van der Waals surface area contributed by atoms with Gasteiger partial charge in [-0.1, -0.05) is 26.0 Å². The molecule has 0 saturated heterocycles. The van der Waals surface area contributed by atoms with Crippen LogP contribution in [0.4, 0.5) is 5.69 Å². The zero-order valence-corrected chi connectivity index (χ0v) is 13.7. The molecule has 2 aromatic rings. The Balaban J connectivity index is 1.80. The van der Waals surface area contributed by atoms with Crippen molar-refractivity contribution < 1.29 is 9.53 Å². The molecule has 0 unspecified atom stereocenters. The lowest BCUT2D eigenvalue weighted by molar-refractivity contribution is -0.117. The van der Waals surface area contributed by atoms with E-state index in [0.29, 0.717) is 30.5 Å². The molecule has 0 radical (unpaired) electrons. The van der Waals surface area contributed by atoms with Gasteiger partial charge in [0.1, 0.15) is 0 Å². The van der Waals surface area contributed by atoms with Crippen LogP contribution >= 0.6 is 0 Å². The minimum Gasteiger partial charge on any atom is -0.378 e. The van der Waals surface area contributed by atoms with Crippen molar-refractivity contribution in [1.29, 1.82) is 0 Å². The average molecular weight is 317 g/mol. The lowest BCUT2D eigenvalue weighted by Crippen LogP contribution is -2.18. The van der Waals surface area contributed by atoms with Gasteiger partial charge in [0.15, 0.2) is 0 Å². The van der Waals surface area contributed by atoms with Crippen LogP contribution in [0.25, 0.3) is 11.4 Å². The Morgan fingerprint density at radius 2 is 2.17 bits per heavy atom. The van der Waals surface area contributed by atoms with Gasteiger partial charge in [0.25, 0.3) is 0 Å². The number of H-pyrrole nitrogens is 1. The Morgan fingerprint density at radius 1 is 1.35 bits per heavy atom. The number of aromatic nitrogens is 4. The number of hydrogen-bond acceptors (Lipinski definition) is 5. The van der Waals surface area contributed by atoms with Crippen molar-refractivity contribution in [3.63, 3.8) is 0 Å². The van der Waals surface area contributed by atoms with Crippen LogP contribution in [0.5, 0.6) is 0 Å². The Kier molecular flexibility index (Phi) is 6.22. The van der Waals surface area contributed by atoms with Gasteiger partial charge in [-0.25, -0.2) is 0 Å². The number of hydrogen-bond donors (Lipinski definition) is 2.